The van der Waals surface area contributed by atoms with E-state index in [1.807, 2.05) is 60.8 Å². The largest absolute Gasteiger partial charge is 0.388 e. The molecule has 188 valence electrons. The number of imidazole rings is 1. The monoisotopic (exact) mass is 505 g/mol. The lowest BCUT2D eigenvalue weighted by Crippen LogP contribution is -2.52. The number of aliphatic hydroxyl groups excluding tert-OH is 1. The quantitative estimate of drug-likeness (QED) is 0.573. The first-order chi connectivity index (χ1) is 17.3. The minimum atomic E-state index is -0.387. The number of piperazine rings is 1. The van der Waals surface area contributed by atoms with Crippen LogP contribution in [0.25, 0.3) is 11.6 Å². The summed E-state index contributed by atoms with van der Waals surface area (Å²) in [6.07, 6.45) is 7.62. The van der Waals surface area contributed by atoms with Crippen molar-refractivity contribution in [1.29, 1.82) is 0 Å². The lowest BCUT2D eigenvalue weighted by molar-refractivity contribution is -0.141. The first kappa shape index (κ1) is 24.7. The van der Waals surface area contributed by atoms with Crippen LogP contribution in [0.4, 0.5) is 0 Å². The predicted octanol–water partition coefficient (Wildman–Crippen LogP) is 4.26. The molecule has 1 aromatic carbocycles. The number of carbonyl (C=O) groups excluding carboxylic acids is 1. The Hall–Kier alpha value is -3.00. The molecule has 1 aliphatic carbocycles. The number of pyridine rings is 1. The Bertz CT molecular complexity index is 1300. The fourth-order valence-corrected chi connectivity index (χ4v) is 5.39. The number of rotatable bonds is 4. The smallest absolute Gasteiger partial charge is 0.228 e. The summed E-state index contributed by atoms with van der Waals surface area (Å²) in [6.45, 7) is 9.25. The SMILES string of the molecule is CC(C)(C)C(=O)N1CCN([C@H]2c3ccc(Cl)cc3C(Cn3ccnc3CO)=Cc3cccnc32)CC1. The summed E-state index contributed by atoms with van der Waals surface area (Å²) in [6, 6.07) is 10.1. The van der Waals surface area contributed by atoms with E-state index in [1.54, 1.807) is 6.20 Å². The Morgan fingerprint density at radius 1 is 1.11 bits per heavy atom. The maximum atomic E-state index is 12.9. The van der Waals surface area contributed by atoms with Crippen molar-refractivity contribution in [1.82, 2.24) is 24.3 Å². The second-order valence-electron chi connectivity index (χ2n) is 10.5. The Morgan fingerprint density at radius 3 is 2.61 bits per heavy atom. The van der Waals surface area contributed by atoms with Crippen LogP contribution in [0.15, 0.2) is 48.9 Å². The molecule has 0 saturated carbocycles. The van der Waals surface area contributed by atoms with E-state index in [-0.39, 0.29) is 24.0 Å². The van der Waals surface area contributed by atoms with Crippen molar-refractivity contribution in [2.75, 3.05) is 26.2 Å². The highest BCUT2D eigenvalue weighted by Gasteiger charge is 2.35. The maximum Gasteiger partial charge on any atom is 0.228 e. The van der Waals surface area contributed by atoms with E-state index >= 15 is 0 Å². The molecule has 0 unspecified atom stereocenters. The molecular formula is C28H32ClN5O2. The molecule has 1 amide bonds. The fourth-order valence-electron chi connectivity index (χ4n) is 5.22. The summed E-state index contributed by atoms with van der Waals surface area (Å²) in [7, 11) is 0. The molecule has 1 saturated heterocycles. The van der Waals surface area contributed by atoms with Crippen molar-refractivity contribution in [3.63, 3.8) is 0 Å². The van der Waals surface area contributed by atoms with E-state index in [2.05, 4.69) is 28.1 Å². The molecule has 0 spiro atoms. The number of aromatic nitrogens is 3. The van der Waals surface area contributed by atoms with Crippen LogP contribution in [0.5, 0.6) is 0 Å². The lowest BCUT2D eigenvalue weighted by atomic mass is 9.92. The predicted molar refractivity (Wildman–Crippen MR) is 141 cm³/mol. The number of halogens is 1. The molecule has 3 heterocycles. The van der Waals surface area contributed by atoms with Crippen LogP contribution in [-0.4, -0.2) is 61.5 Å². The highest BCUT2D eigenvalue weighted by atomic mass is 35.5. The molecule has 7 nitrogen and oxygen atoms in total. The average molecular weight is 506 g/mol. The second kappa shape index (κ2) is 9.81. The molecule has 1 atom stereocenters. The molecule has 0 bridgehead atoms. The summed E-state index contributed by atoms with van der Waals surface area (Å²) in [5.74, 6) is 0.809. The van der Waals surface area contributed by atoms with E-state index in [4.69, 9.17) is 16.6 Å². The van der Waals surface area contributed by atoms with Gasteiger partial charge in [0, 0.05) is 61.8 Å². The zero-order valence-corrected chi connectivity index (χ0v) is 21.7. The first-order valence-corrected chi connectivity index (χ1v) is 12.7. The van der Waals surface area contributed by atoms with Crippen molar-refractivity contribution in [3.05, 3.63) is 82.2 Å². The van der Waals surface area contributed by atoms with Crippen LogP contribution in [0, 0.1) is 5.41 Å². The molecule has 36 heavy (non-hydrogen) atoms. The van der Waals surface area contributed by atoms with Gasteiger partial charge in [0.15, 0.2) is 0 Å². The molecule has 8 heteroatoms. The van der Waals surface area contributed by atoms with E-state index in [0.29, 0.717) is 30.5 Å². The van der Waals surface area contributed by atoms with Gasteiger partial charge >= 0.3 is 0 Å². The highest BCUT2D eigenvalue weighted by Crippen LogP contribution is 2.41. The van der Waals surface area contributed by atoms with Gasteiger partial charge in [-0.3, -0.25) is 14.7 Å². The summed E-state index contributed by atoms with van der Waals surface area (Å²) < 4.78 is 1.96. The maximum absolute atomic E-state index is 12.9. The molecule has 5 rings (SSSR count). The number of hydrogen-bond acceptors (Lipinski definition) is 5. The Labute approximate surface area is 217 Å². The molecular weight excluding hydrogens is 474 g/mol. The number of benzene rings is 1. The van der Waals surface area contributed by atoms with Gasteiger partial charge in [-0.2, -0.15) is 0 Å². The van der Waals surface area contributed by atoms with Crippen molar-refractivity contribution in [3.8, 4) is 0 Å². The number of amides is 1. The number of aliphatic hydroxyl groups is 1. The molecule has 1 aliphatic heterocycles. The topological polar surface area (TPSA) is 74.5 Å². The van der Waals surface area contributed by atoms with Crippen molar-refractivity contribution in [2.45, 2.75) is 40.0 Å². The van der Waals surface area contributed by atoms with E-state index in [9.17, 15) is 9.90 Å². The standard InChI is InChI=1S/C28H32ClN5O2/c1-28(2,3)27(36)33-13-11-32(12-14-33)26-22-7-6-21(29)16-23(22)20(15-19-5-4-8-31-25(19)26)17-34-10-9-30-24(34)18-35/h4-10,15-16,26,35H,11-14,17-18H2,1-3H3/t26-/m0/s1. The Balaban J connectivity index is 1.55. The third kappa shape index (κ3) is 4.71. The number of allylic oxidation sites excluding steroid dienone is 1. The number of nitrogens with zero attached hydrogens (tertiary/aromatic N) is 5. The molecule has 1 N–H and O–H groups in total. The minimum Gasteiger partial charge on any atom is -0.388 e. The van der Waals surface area contributed by atoms with Gasteiger partial charge in [0.2, 0.25) is 5.91 Å². The first-order valence-electron chi connectivity index (χ1n) is 12.4. The second-order valence-corrected chi connectivity index (χ2v) is 10.9. The molecule has 2 aromatic heterocycles. The number of carbonyl (C=O) groups is 1. The lowest BCUT2D eigenvalue weighted by Gasteiger charge is -2.41. The van der Waals surface area contributed by atoms with E-state index in [1.165, 1.54) is 0 Å². The van der Waals surface area contributed by atoms with Crippen molar-refractivity contribution >= 4 is 29.2 Å². The van der Waals surface area contributed by atoms with Gasteiger partial charge < -0.3 is 14.6 Å². The van der Waals surface area contributed by atoms with E-state index < -0.39 is 0 Å². The zero-order chi connectivity index (χ0) is 25.4. The van der Waals surface area contributed by atoms with Gasteiger partial charge in [0.05, 0.1) is 11.7 Å². The van der Waals surface area contributed by atoms with Gasteiger partial charge in [-0.05, 0) is 46.5 Å². The van der Waals surface area contributed by atoms with E-state index in [0.717, 1.165) is 41.0 Å². The van der Waals surface area contributed by atoms with Crippen LogP contribution in [0.3, 0.4) is 0 Å². The normalized spacial score (nSPS) is 18.3. The molecule has 0 radical (unpaired) electrons. The average Bonchev–Trinajstić information content (AvgIpc) is 3.27. The third-order valence-corrected chi connectivity index (χ3v) is 7.24. The van der Waals surface area contributed by atoms with Crippen molar-refractivity contribution in [2.24, 2.45) is 5.41 Å². The van der Waals surface area contributed by atoms with Crippen LogP contribution in [0.1, 0.15) is 55.0 Å². The summed E-state index contributed by atoms with van der Waals surface area (Å²) in [4.78, 5) is 26.4. The van der Waals surface area contributed by atoms with Crippen LogP contribution in [0.2, 0.25) is 5.02 Å². The molecule has 1 fully saturated rings. The summed E-state index contributed by atoms with van der Waals surface area (Å²) in [5.41, 5.74) is 4.96. The van der Waals surface area contributed by atoms with Crippen molar-refractivity contribution < 1.29 is 9.90 Å². The zero-order valence-electron chi connectivity index (χ0n) is 21.0. The third-order valence-electron chi connectivity index (χ3n) is 7.01. The van der Waals surface area contributed by atoms with Gasteiger partial charge in [0.25, 0.3) is 0 Å². The summed E-state index contributed by atoms with van der Waals surface area (Å²) in [5, 5.41) is 10.4. The fraction of sp³-hybridized carbons (Fsp3) is 0.393. The minimum absolute atomic E-state index is 0.0609. The van der Waals surface area contributed by atoms with Gasteiger partial charge in [-0.25, -0.2) is 4.98 Å². The number of fused-ring (bicyclic) bond motifs is 2. The Morgan fingerprint density at radius 2 is 1.89 bits per heavy atom. The van der Waals surface area contributed by atoms with Crippen LogP contribution in [-0.2, 0) is 17.9 Å². The molecule has 3 aromatic rings. The summed E-state index contributed by atoms with van der Waals surface area (Å²) >= 11 is 6.52. The van der Waals surface area contributed by atoms with Crippen LogP contribution < -0.4 is 0 Å². The van der Waals surface area contributed by atoms with Gasteiger partial charge in [-0.1, -0.05) is 44.5 Å². The molecule has 2 aliphatic rings. The van der Waals surface area contributed by atoms with Gasteiger partial charge in [-0.15, -0.1) is 0 Å². The number of hydrogen-bond donors (Lipinski definition) is 1. The van der Waals surface area contributed by atoms with Crippen LogP contribution >= 0.6 is 11.6 Å². The Kier molecular flexibility index (Phi) is 6.72. The highest BCUT2D eigenvalue weighted by molar-refractivity contribution is 6.30. The van der Waals surface area contributed by atoms with Gasteiger partial charge in [0.1, 0.15) is 12.4 Å².